The molecule has 2 rings (SSSR count). The molecule has 0 bridgehead atoms. The van der Waals surface area contributed by atoms with E-state index < -0.39 is 6.09 Å². The number of alkyl carbamates (subject to hydrolysis) is 1. The minimum absolute atomic E-state index is 0.193. The van der Waals surface area contributed by atoms with Crippen molar-refractivity contribution in [2.45, 2.75) is 13.5 Å². The number of pyridine rings is 1. The van der Waals surface area contributed by atoms with Gasteiger partial charge in [0.15, 0.2) is 0 Å². The lowest BCUT2D eigenvalue weighted by molar-refractivity contribution is 0.141. The van der Waals surface area contributed by atoms with Crippen LogP contribution in [0.25, 0.3) is 0 Å². The number of ether oxygens (including phenoxy) is 1. The Kier molecular flexibility index (Phi) is 5.38. The van der Waals surface area contributed by atoms with Crippen LogP contribution in [-0.4, -0.2) is 17.6 Å². The fourth-order valence-corrected chi connectivity index (χ4v) is 1.67. The van der Waals surface area contributed by atoms with Crippen molar-refractivity contribution >= 4 is 11.8 Å². The maximum Gasteiger partial charge on any atom is 0.408 e. The summed E-state index contributed by atoms with van der Waals surface area (Å²) in [5.41, 5.74) is 8.60. The van der Waals surface area contributed by atoms with Crippen molar-refractivity contribution in [1.29, 1.82) is 0 Å². The third-order valence-electron chi connectivity index (χ3n) is 2.88. The largest absolute Gasteiger partial charge is 0.445 e. The van der Waals surface area contributed by atoms with Crippen molar-refractivity contribution in [2.75, 3.05) is 12.3 Å². The quantitative estimate of drug-likeness (QED) is 0.851. The van der Waals surface area contributed by atoms with Crippen LogP contribution in [0.3, 0.4) is 0 Å². The third-order valence-corrected chi connectivity index (χ3v) is 2.88. The first-order chi connectivity index (χ1) is 10.6. The Morgan fingerprint density at radius 2 is 2.05 bits per heavy atom. The molecule has 3 N–H and O–H groups in total. The first kappa shape index (κ1) is 15.4. The van der Waals surface area contributed by atoms with E-state index in [1.807, 2.05) is 37.3 Å². The number of anilines is 1. The highest BCUT2D eigenvalue weighted by atomic mass is 16.5. The van der Waals surface area contributed by atoms with Crippen molar-refractivity contribution < 1.29 is 9.53 Å². The molecular formula is C17H17N3O2. The third kappa shape index (κ3) is 4.84. The van der Waals surface area contributed by atoms with Crippen molar-refractivity contribution in [3.8, 4) is 11.8 Å². The second-order valence-electron chi connectivity index (χ2n) is 4.59. The number of rotatable bonds is 3. The minimum atomic E-state index is -0.500. The number of nitrogens with one attached hydrogen (secondary N) is 1. The van der Waals surface area contributed by atoms with Gasteiger partial charge in [-0.25, -0.2) is 9.78 Å². The van der Waals surface area contributed by atoms with Gasteiger partial charge in [-0.3, -0.25) is 0 Å². The summed E-state index contributed by atoms with van der Waals surface area (Å²) in [6, 6.07) is 13.0. The van der Waals surface area contributed by atoms with Crippen LogP contribution >= 0.6 is 0 Å². The molecule has 5 heteroatoms. The molecule has 0 fully saturated rings. The van der Waals surface area contributed by atoms with Gasteiger partial charge >= 0.3 is 6.09 Å². The first-order valence-electron chi connectivity index (χ1n) is 6.81. The molecule has 5 nitrogen and oxygen atoms in total. The molecule has 0 spiro atoms. The molecule has 1 aromatic heterocycles. The monoisotopic (exact) mass is 295 g/mol. The Morgan fingerprint density at radius 3 is 2.77 bits per heavy atom. The molecule has 0 unspecified atom stereocenters. The minimum Gasteiger partial charge on any atom is -0.445 e. The second kappa shape index (κ2) is 7.70. The number of carbonyl (C=O) groups is 1. The summed E-state index contributed by atoms with van der Waals surface area (Å²) in [6.07, 6.45) is -0.500. The van der Waals surface area contributed by atoms with Gasteiger partial charge in [0.05, 0.1) is 17.9 Å². The van der Waals surface area contributed by atoms with Crippen LogP contribution in [0.2, 0.25) is 0 Å². The summed E-state index contributed by atoms with van der Waals surface area (Å²) in [7, 11) is 0. The second-order valence-corrected chi connectivity index (χ2v) is 4.59. The molecule has 0 saturated carbocycles. The number of carbonyl (C=O) groups excluding carboxylic acids is 1. The molecule has 0 saturated heterocycles. The molecule has 0 aliphatic rings. The maximum absolute atomic E-state index is 11.5. The Bertz CT molecular complexity index is 703. The summed E-state index contributed by atoms with van der Waals surface area (Å²) in [5.74, 6) is 5.67. The van der Waals surface area contributed by atoms with Crippen LogP contribution in [0.1, 0.15) is 17.0 Å². The molecule has 0 aliphatic carbocycles. The summed E-state index contributed by atoms with van der Waals surface area (Å²) < 4.78 is 5.07. The molecule has 0 atom stereocenters. The summed E-state index contributed by atoms with van der Waals surface area (Å²) in [6.45, 7) is 2.25. The highest BCUT2D eigenvalue weighted by Gasteiger charge is 2.00. The Hall–Kier alpha value is -3.00. The number of hydrogen-bond acceptors (Lipinski definition) is 4. The maximum atomic E-state index is 11.5. The zero-order chi connectivity index (χ0) is 15.8. The molecule has 22 heavy (non-hydrogen) atoms. The first-order valence-corrected chi connectivity index (χ1v) is 6.81. The van der Waals surface area contributed by atoms with Gasteiger partial charge in [0.1, 0.15) is 12.3 Å². The number of nitrogens with two attached hydrogens (primary N) is 1. The number of nitrogen functional groups attached to an aromatic ring is 1. The highest BCUT2D eigenvalue weighted by Crippen LogP contribution is 2.06. The number of hydrogen-bond donors (Lipinski definition) is 2. The smallest absolute Gasteiger partial charge is 0.408 e. The predicted octanol–water partition coefficient (Wildman–Crippen LogP) is 2.25. The van der Waals surface area contributed by atoms with Gasteiger partial charge in [-0.2, -0.15) is 0 Å². The van der Waals surface area contributed by atoms with Crippen LogP contribution in [-0.2, 0) is 11.3 Å². The highest BCUT2D eigenvalue weighted by molar-refractivity contribution is 5.67. The number of benzene rings is 1. The zero-order valence-electron chi connectivity index (χ0n) is 12.3. The van der Waals surface area contributed by atoms with Crippen LogP contribution < -0.4 is 11.1 Å². The number of aryl methyl sites for hydroxylation is 1. The van der Waals surface area contributed by atoms with Crippen molar-refractivity contribution in [1.82, 2.24) is 10.3 Å². The normalized spacial score (nSPS) is 9.50. The number of nitrogens with zero attached hydrogens (tertiary/aromatic N) is 1. The van der Waals surface area contributed by atoms with Gasteiger partial charge in [0.2, 0.25) is 0 Å². The average molecular weight is 295 g/mol. The summed E-state index contributed by atoms with van der Waals surface area (Å²) >= 11 is 0. The topological polar surface area (TPSA) is 77.2 Å². The van der Waals surface area contributed by atoms with Crippen molar-refractivity contribution in [3.05, 3.63) is 59.4 Å². The van der Waals surface area contributed by atoms with Gasteiger partial charge in [-0.05, 0) is 30.5 Å². The molecule has 2 aromatic rings. The molecular weight excluding hydrogens is 278 g/mol. The molecule has 112 valence electrons. The SMILES string of the molecule is Cc1nc(C#CCNC(=O)OCc2ccccc2)ccc1N. The molecule has 1 heterocycles. The molecule has 1 aromatic carbocycles. The fourth-order valence-electron chi connectivity index (χ4n) is 1.67. The number of aromatic nitrogens is 1. The lowest BCUT2D eigenvalue weighted by atomic mass is 10.2. The van der Waals surface area contributed by atoms with E-state index in [0.29, 0.717) is 11.4 Å². The van der Waals surface area contributed by atoms with Crippen LogP contribution in [0, 0.1) is 18.8 Å². The van der Waals surface area contributed by atoms with Crippen LogP contribution in [0.4, 0.5) is 10.5 Å². The summed E-state index contributed by atoms with van der Waals surface area (Å²) in [5, 5.41) is 2.56. The Balaban J connectivity index is 1.75. The van der Waals surface area contributed by atoms with E-state index in [-0.39, 0.29) is 13.2 Å². The van der Waals surface area contributed by atoms with Gasteiger partial charge in [0.25, 0.3) is 0 Å². The van der Waals surface area contributed by atoms with Gasteiger partial charge < -0.3 is 15.8 Å². The fraction of sp³-hybridized carbons (Fsp3) is 0.176. The van der Waals surface area contributed by atoms with Crippen molar-refractivity contribution in [2.24, 2.45) is 0 Å². The summed E-state index contributed by atoms with van der Waals surface area (Å²) in [4.78, 5) is 15.7. The molecule has 0 radical (unpaired) electrons. The zero-order valence-corrected chi connectivity index (χ0v) is 12.3. The lowest BCUT2D eigenvalue weighted by Crippen LogP contribution is -2.24. The van der Waals surface area contributed by atoms with E-state index in [1.165, 1.54) is 0 Å². The van der Waals surface area contributed by atoms with Crippen molar-refractivity contribution in [3.63, 3.8) is 0 Å². The Morgan fingerprint density at radius 1 is 1.27 bits per heavy atom. The van der Waals surface area contributed by atoms with Gasteiger partial charge in [-0.1, -0.05) is 36.3 Å². The molecule has 0 aliphatic heterocycles. The predicted molar refractivity (Wildman–Crippen MR) is 84.9 cm³/mol. The number of amides is 1. The van der Waals surface area contributed by atoms with Crippen LogP contribution in [0.5, 0.6) is 0 Å². The van der Waals surface area contributed by atoms with Gasteiger partial charge in [0, 0.05) is 0 Å². The van der Waals surface area contributed by atoms with E-state index in [0.717, 1.165) is 11.3 Å². The molecule has 1 amide bonds. The van der Waals surface area contributed by atoms with Gasteiger partial charge in [-0.15, -0.1) is 0 Å². The average Bonchev–Trinajstić information content (AvgIpc) is 2.54. The van der Waals surface area contributed by atoms with Crippen LogP contribution in [0.15, 0.2) is 42.5 Å². The van der Waals surface area contributed by atoms with E-state index in [4.69, 9.17) is 10.5 Å². The lowest BCUT2D eigenvalue weighted by Gasteiger charge is -2.04. The van der Waals surface area contributed by atoms with E-state index in [9.17, 15) is 4.79 Å². The standard InChI is InChI=1S/C17H17N3O2/c1-13-16(18)10-9-15(20-13)8-5-11-19-17(21)22-12-14-6-3-2-4-7-14/h2-4,6-7,9-10H,11-12,18H2,1H3,(H,19,21). The van der Waals surface area contributed by atoms with E-state index in [1.54, 1.807) is 12.1 Å². The Labute approximate surface area is 129 Å². The van der Waals surface area contributed by atoms with E-state index >= 15 is 0 Å². The van der Waals surface area contributed by atoms with E-state index in [2.05, 4.69) is 22.1 Å².